The van der Waals surface area contributed by atoms with Gasteiger partial charge in [0.05, 0.1) is 29.8 Å². The van der Waals surface area contributed by atoms with Crippen molar-refractivity contribution in [2.24, 2.45) is 11.1 Å². The highest BCUT2D eigenvalue weighted by Crippen LogP contribution is 2.35. The maximum Gasteiger partial charge on any atom is 0.110 e. The summed E-state index contributed by atoms with van der Waals surface area (Å²) < 4.78 is 5.40. The van der Waals surface area contributed by atoms with E-state index in [4.69, 9.17) is 10.5 Å². The lowest BCUT2D eigenvalue weighted by atomic mass is 9.88. The van der Waals surface area contributed by atoms with Gasteiger partial charge in [0.15, 0.2) is 0 Å². The van der Waals surface area contributed by atoms with Gasteiger partial charge in [0.1, 0.15) is 5.01 Å². The van der Waals surface area contributed by atoms with Crippen LogP contribution in [0.4, 0.5) is 0 Å². The molecule has 1 aromatic heterocycles. The Labute approximate surface area is 94.7 Å². The standard InChI is InChI=1S/C11H18N2OS/c1-11(2,3)9(12)10-13-7-4-5-14-6-8(7)15-10/h9H,4-6,12H2,1-3H3. The Bertz CT molecular complexity index is 330. The van der Waals surface area contributed by atoms with E-state index in [1.165, 1.54) is 10.6 Å². The van der Waals surface area contributed by atoms with Crippen LogP contribution in [0, 0.1) is 5.41 Å². The van der Waals surface area contributed by atoms with Gasteiger partial charge in [0.25, 0.3) is 0 Å². The van der Waals surface area contributed by atoms with Crippen molar-refractivity contribution in [3.63, 3.8) is 0 Å². The molecule has 2 rings (SSSR count). The summed E-state index contributed by atoms with van der Waals surface area (Å²) in [7, 11) is 0. The second-order valence-corrected chi connectivity index (χ2v) is 6.18. The fourth-order valence-electron chi connectivity index (χ4n) is 1.55. The monoisotopic (exact) mass is 226 g/mol. The average Bonchev–Trinajstić information content (AvgIpc) is 2.58. The molecule has 1 atom stereocenters. The zero-order chi connectivity index (χ0) is 11.1. The van der Waals surface area contributed by atoms with E-state index in [-0.39, 0.29) is 11.5 Å². The van der Waals surface area contributed by atoms with Crippen molar-refractivity contribution in [1.29, 1.82) is 0 Å². The van der Waals surface area contributed by atoms with Crippen molar-refractivity contribution in [2.75, 3.05) is 6.61 Å². The molecule has 0 amide bonds. The molecular weight excluding hydrogens is 208 g/mol. The lowest BCUT2D eigenvalue weighted by Crippen LogP contribution is -2.26. The number of thiazole rings is 1. The molecule has 0 radical (unpaired) electrons. The quantitative estimate of drug-likeness (QED) is 0.799. The van der Waals surface area contributed by atoms with Gasteiger partial charge in [-0.15, -0.1) is 11.3 Å². The number of ether oxygens (including phenoxy) is 1. The maximum absolute atomic E-state index is 6.19. The third-order valence-electron chi connectivity index (χ3n) is 2.71. The second kappa shape index (κ2) is 3.85. The van der Waals surface area contributed by atoms with E-state index in [1.54, 1.807) is 11.3 Å². The molecule has 0 fully saturated rings. The topological polar surface area (TPSA) is 48.1 Å². The summed E-state index contributed by atoms with van der Waals surface area (Å²) in [6.45, 7) is 7.95. The van der Waals surface area contributed by atoms with E-state index >= 15 is 0 Å². The average molecular weight is 226 g/mol. The summed E-state index contributed by atoms with van der Waals surface area (Å²) >= 11 is 1.71. The number of hydrogen-bond donors (Lipinski definition) is 1. The summed E-state index contributed by atoms with van der Waals surface area (Å²) in [5.41, 5.74) is 7.46. The number of rotatable bonds is 1. The van der Waals surface area contributed by atoms with Crippen LogP contribution in [0.1, 0.15) is 42.4 Å². The van der Waals surface area contributed by atoms with E-state index in [0.29, 0.717) is 6.61 Å². The SMILES string of the molecule is CC(C)(C)C(N)c1nc2c(s1)COCC2. The molecule has 0 aromatic carbocycles. The fraction of sp³-hybridized carbons (Fsp3) is 0.727. The second-order valence-electron chi connectivity index (χ2n) is 5.07. The minimum Gasteiger partial charge on any atom is -0.375 e. The van der Waals surface area contributed by atoms with Crippen LogP contribution in [-0.2, 0) is 17.8 Å². The molecular formula is C11H18N2OS. The van der Waals surface area contributed by atoms with Crippen LogP contribution in [0.3, 0.4) is 0 Å². The van der Waals surface area contributed by atoms with Crippen LogP contribution < -0.4 is 5.73 Å². The van der Waals surface area contributed by atoms with Crippen LogP contribution >= 0.6 is 11.3 Å². The van der Waals surface area contributed by atoms with Crippen LogP contribution in [-0.4, -0.2) is 11.6 Å². The molecule has 0 spiro atoms. The van der Waals surface area contributed by atoms with Gasteiger partial charge in [-0.05, 0) is 5.41 Å². The first kappa shape index (κ1) is 11.0. The third-order valence-corrected chi connectivity index (χ3v) is 3.86. The Kier molecular flexibility index (Phi) is 2.83. The van der Waals surface area contributed by atoms with Crippen molar-refractivity contribution in [2.45, 2.75) is 39.8 Å². The number of nitrogens with two attached hydrogens (primary N) is 1. The Balaban J connectivity index is 2.26. The van der Waals surface area contributed by atoms with Crippen molar-refractivity contribution < 1.29 is 4.74 Å². The number of aromatic nitrogens is 1. The van der Waals surface area contributed by atoms with Gasteiger partial charge in [-0.3, -0.25) is 0 Å². The van der Waals surface area contributed by atoms with Crippen LogP contribution in [0.15, 0.2) is 0 Å². The van der Waals surface area contributed by atoms with Gasteiger partial charge in [0.2, 0.25) is 0 Å². The first-order chi connectivity index (χ1) is 6.98. The Morgan fingerprint density at radius 1 is 1.47 bits per heavy atom. The van der Waals surface area contributed by atoms with Crippen LogP contribution in [0.2, 0.25) is 0 Å². The van der Waals surface area contributed by atoms with Gasteiger partial charge < -0.3 is 10.5 Å². The summed E-state index contributed by atoms with van der Waals surface area (Å²) in [5, 5.41) is 1.05. The normalized spacial score (nSPS) is 18.7. The molecule has 1 aromatic rings. The van der Waals surface area contributed by atoms with Crippen molar-refractivity contribution in [3.8, 4) is 0 Å². The van der Waals surface area contributed by atoms with Crippen LogP contribution in [0.5, 0.6) is 0 Å². The molecule has 2 heterocycles. The smallest absolute Gasteiger partial charge is 0.110 e. The summed E-state index contributed by atoms with van der Waals surface area (Å²) in [6.07, 6.45) is 0.933. The summed E-state index contributed by atoms with van der Waals surface area (Å²) in [6, 6.07) is 0.0214. The molecule has 0 bridgehead atoms. The first-order valence-corrected chi connectivity index (χ1v) is 6.12. The maximum atomic E-state index is 6.19. The van der Waals surface area contributed by atoms with Crippen LogP contribution in [0.25, 0.3) is 0 Å². The lowest BCUT2D eigenvalue weighted by molar-refractivity contribution is 0.112. The third kappa shape index (κ3) is 2.22. The molecule has 1 unspecified atom stereocenters. The van der Waals surface area contributed by atoms with Gasteiger partial charge >= 0.3 is 0 Å². The zero-order valence-electron chi connectivity index (χ0n) is 9.54. The van der Waals surface area contributed by atoms with E-state index in [0.717, 1.165) is 18.0 Å². The molecule has 1 aliphatic rings. The molecule has 15 heavy (non-hydrogen) atoms. The Morgan fingerprint density at radius 2 is 2.20 bits per heavy atom. The van der Waals surface area contributed by atoms with Crippen molar-refractivity contribution in [1.82, 2.24) is 4.98 Å². The zero-order valence-corrected chi connectivity index (χ0v) is 10.4. The van der Waals surface area contributed by atoms with E-state index in [9.17, 15) is 0 Å². The Morgan fingerprint density at radius 3 is 2.80 bits per heavy atom. The molecule has 0 aliphatic carbocycles. The molecule has 3 nitrogen and oxygen atoms in total. The molecule has 0 saturated heterocycles. The molecule has 4 heteroatoms. The molecule has 84 valence electrons. The highest BCUT2D eigenvalue weighted by atomic mass is 32.1. The number of fused-ring (bicyclic) bond motifs is 1. The largest absolute Gasteiger partial charge is 0.375 e. The van der Waals surface area contributed by atoms with Gasteiger partial charge in [-0.1, -0.05) is 20.8 Å². The van der Waals surface area contributed by atoms with Gasteiger partial charge in [-0.25, -0.2) is 4.98 Å². The predicted molar refractivity (Wildman–Crippen MR) is 61.9 cm³/mol. The van der Waals surface area contributed by atoms with Gasteiger partial charge in [-0.2, -0.15) is 0 Å². The fourth-order valence-corrected chi connectivity index (χ4v) is 2.85. The van der Waals surface area contributed by atoms with Gasteiger partial charge in [0, 0.05) is 6.42 Å². The van der Waals surface area contributed by atoms with Crippen molar-refractivity contribution in [3.05, 3.63) is 15.6 Å². The van der Waals surface area contributed by atoms with Crippen molar-refractivity contribution >= 4 is 11.3 Å². The highest BCUT2D eigenvalue weighted by molar-refractivity contribution is 7.11. The van der Waals surface area contributed by atoms with E-state index in [2.05, 4.69) is 25.8 Å². The molecule has 2 N–H and O–H groups in total. The molecule has 1 aliphatic heterocycles. The highest BCUT2D eigenvalue weighted by Gasteiger charge is 2.27. The van der Waals surface area contributed by atoms with E-state index in [1.807, 2.05) is 0 Å². The summed E-state index contributed by atoms with van der Waals surface area (Å²) in [4.78, 5) is 5.89. The predicted octanol–water partition coefficient (Wildman–Crippen LogP) is 2.26. The first-order valence-electron chi connectivity index (χ1n) is 5.30. The number of nitrogens with zero attached hydrogens (tertiary/aromatic N) is 1. The van der Waals surface area contributed by atoms with E-state index < -0.39 is 0 Å². The lowest BCUT2D eigenvalue weighted by Gasteiger charge is -2.24. The Hall–Kier alpha value is -0.450. The minimum absolute atomic E-state index is 0.0214. The minimum atomic E-state index is 0.0214. The molecule has 0 saturated carbocycles. The number of hydrogen-bond acceptors (Lipinski definition) is 4. The summed E-state index contributed by atoms with van der Waals surface area (Å²) in [5.74, 6) is 0.